The Balaban J connectivity index is 2.38. The molecule has 0 saturated carbocycles. The van der Waals surface area contributed by atoms with Gasteiger partial charge in [-0.25, -0.2) is 13.4 Å². The number of anilines is 1. The predicted octanol–water partition coefficient (Wildman–Crippen LogP) is 2.58. The fourth-order valence-corrected chi connectivity index (χ4v) is 3.02. The van der Waals surface area contributed by atoms with Gasteiger partial charge in [-0.05, 0) is 18.2 Å². The van der Waals surface area contributed by atoms with Gasteiger partial charge in [0.1, 0.15) is 10.7 Å². The monoisotopic (exact) mass is 331 g/mol. The topological polar surface area (TPSA) is 102 Å². The average molecular weight is 332 g/mol. The van der Waals surface area contributed by atoms with Crippen molar-refractivity contribution in [3.05, 3.63) is 57.5 Å². The molecule has 0 aliphatic carbocycles. The molecular weight excluding hydrogens is 325 g/mol. The minimum Gasteiger partial charge on any atom is -0.263 e. The van der Waals surface area contributed by atoms with Crippen LogP contribution in [0.2, 0.25) is 5.02 Å². The Hall–Kier alpha value is -2.26. The molecule has 0 fully saturated rings. The van der Waals surface area contributed by atoms with Gasteiger partial charge in [0.15, 0.2) is 0 Å². The Bertz CT molecular complexity index is 813. The molecule has 0 spiro atoms. The molecule has 0 aliphatic heterocycles. The second kappa shape index (κ2) is 5.62. The normalized spacial score (nSPS) is 11.1. The van der Waals surface area contributed by atoms with E-state index in [1.807, 2.05) is 4.72 Å². The number of nitrogens with zero attached hydrogens (tertiary/aromatic N) is 2. The number of benzene rings is 1. The van der Waals surface area contributed by atoms with Crippen molar-refractivity contribution in [3.63, 3.8) is 0 Å². The Morgan fingerprint density at radius 1 is 1.29 bits per heavy atom. The van der Waals surface area contributed by atoms with Gasteiger partial charge in [-0.2, -0.15) is 4.39 Å². The molecule has 0 radical (unpaired) electrons. The van der Waals surface area contributed by atoms with E-state index in [2.05, 4.69) is 4.98 Å². The van der Waals surface area contributed by atoms with E-state index in [9.17, 15) is 22.9 Å². The standard InChI is InChI=1S/C11H7ClFN3O4S/c12-8-6-7(16(17)18)4-5-9(8)21(19,20)15-11-3-1-2-10(13)14-11/h1-6H,(H,14,15). The predicted molar refractivity (Wildman–Crippen MR) is 73.1 cm³/mol. The number of non-ortho nitro benzene ring substituents is 1. The number of halogens is 2. The Morgan fingerprint density at radius 3 is 2.57 bits per heavy atom. The molecule has 0 unspecified atom stereocenters. The zero-order valence-corrected chi connectivity index (χ0v) is 11.7. The van der Waals surface area contributed by atoms with Crippen LogP contribution in [0, 0.1) is 16.1 Å². The molecule has 0 saturated heterocycles. The number of pyridine rings is 1. The Morgan fingerprint density at radius 2 is 2.00 bits per heavy atom. The number of rotatable bonds is 4. The van der Waals surface area contributed by atoms with Crippen LogP contribution in [0.4, 0.5) is 15.9 Å². The Labute approximate surface area is 123 Å². The van der Waals surface area contributed by atoms with Crippen LogP contribution in [0.3, 0.4) is 0 Å². The van der Waals surface area contributed by atoms with E-state index in [0.717, 1.165) is 24.3 Å². The van der Waals surface area contributed by atoms with Crippen molar-refractivity contribution >= 4 is 33.1 Å². The van der Waals surface area contributed by atoms with Gasteiger partial charge in [0, 0.05) is 12.1 Å². The van der Waals surface area contributed by atoms with Gasteiger partial charge in [0.25, 0.3) is 15.7 Å². The van der Waals surface area contributed by atoms with Crippen molar-refractivity contribution in [3.8, 4) is 0 Å². The molecule has 0 bridgehead atoms. The molecule has 21 heavy (non-hydrogen) atoms. The van der Waals surface area contributed by atoms with Crippen LogP contribution in [0.1, 0.15) is 0 Å². The molecule has 7 nitrogen and oxygen atoms in total. The molecule has 1 heterocycles. The summed E-state index contributed by atoms with van der Waals surface area (Å²) in [4.78, 5) is 12.8. The molecule has 2 aromatic rings. The second-order valence-corrected chi connectivity index (χ2v) is 5.88. The van der Waals surface area contributed by atoms with E-state index >= 15 is 0 Å². The summed E-state index contributed by atoms with van der Waals surface area (Å²) in [7, 11) is -4.14. The largest absolute Gasteiger partial charge is 0.271 e. The van der Waals surface area contributed by atoms with Crippen LogP contribution in [0.25, 0.3) is 0 Å². The highest BCUT2D eigenvalue weighted by Gasteiger charge is 2.21. The van der Waals surface area contributed by atoms with E-state index in [1.54, 1.807) is 0 Å². The number of nitro benzene ring substituents is 1. The minimum absolute atomic E-state index is 0.232. The lowest BCUT2D eigenvalue weighted by molar-refractivity contribution is -0.384. The molecule has 0 aliphatic rings. The van der Waals surface area contributed by atoms with Gasteiger partial charge >= 0.3 is 0 Å². The maximum atomic E-state index is 12.9. The highest BCUT2D eigenvalue weighted by Crippen LogP contribution is 2.27. The third kappa shape index (κ3) is 3.44. The third-order valence-corrected chi connectivity index (χ3v) is 4.21. The maximum absolute atomic E-state index is 12.9. The van der Waals surface area contributed by atoms with E-state index in [1.165, 1.54) is 12.1 Å². The highest BCUT2D eigenvalue weighted by atomic mass is 35.5. The number of nitrogens with one attached hydrogen (secondary N) is 1. The van der Waals surface area contributed by atoms with E-state index < -0.39 is 20.9 Å². The van der Waals surface area contributed by atoms with Crippen LogP contribution >= 0.6 is 11.6 Å². The van der Waals surface area contributed by atoms with Gasteiger partial charge < -0.3 is 0 Å². The van der Waals surface area contributed by atoms with E-state index in [-0.39, 0.29) is 21.4 Å². The van der Waals surface area contributed by atoms with E-state index in [4.69, 9.17) is 11.6 Å². The first kappa shape index (κ1) is 15.1. The van der Waals surface area contributed by atoms with Crippen LogP contribution in [0.15, 0.2) is 41.3 Å². The summed E-state index contributed by atoms with van der Waals surface area (Å²) in [6, 6.07) is 6.48. The van der Waals surface area contributed by atoms with Gasteiger partial charge in [0.05, 0.1) is 9.95 Å². The smallest absolute Gasteiger partial charge is 0.263 e. The zero-order chi connectivity index (χ0) is 15.6. The van der Waals surface area contributed by atoms with Crippen LogP contribution < -0.4 is 4.72 Å². The summed E-state index contributed by atoms with van der Waals surface area (Å²) in [5, 5.41) is 10.2. The molecule has 2 rings (SSSR count). The van der Waals surface area contributed by atoms with Gasteiger partial charge in [-0.3, -0.25) is 14.8 Å². The number of nitro groups is 1. The van der Waals surface area contributed by atoms with Gasteiger partial charge in [-0.1, -0.05) is 17.7 Å². The molecule has 0 amide bonds. The lowest BCUT2D eigenvalue weighted by atomic mass is 10.3. The van der Waals surface area contributed by atoms with Crippen LogP contribution in [0.5, 0.6) is 0 Å². The number of hydrogen-bond acceptors (Lipinski definition) is 5. The van der Waals surface area contributed by atoms with Gasteiger partial charge in [0.2, 0.25) is 5.95 Å². The van der Waals surface area contributed by atoms with Crippen molar-refractivity contribution in [1.29, 1.82) is 0 Å². The first-order valence-corrected chi connectivity index (χ1v) is 7.25. The second-order valence-electron chi connectivity index (χ2n) is 3.82. The SMILES string of the molecule is O=[N+]([O-])c1ccc(S(=O)(=O)Nc2cccc(F)n2)c(Cl)c1. The maximum Gasteiger partial charge on any atom is 0.271 e. The molecule has 110 valence electrons. The van der Waals surface area contributed by atoms with Crippen LogP contribution in [-0.2, 0) is 10.0 Å². The lowest BCUT2D eigenvalue weighted by Crippen LogP contribution is -2.14. The quantitative estimate of drug-likeness (QED) is 0.527. The average Bonchev–Trinajstić information content (AvgIpc) is 2.37. The molecule has 1 aromatic carbocycles. The highest BCUT2D eigenvalue weighted by molar-refractivity contribution is 7.92. The summed E-state index contributed by atoms with van der Waals surface area (Å²) in [5.41, 5.74) is -0.345. The first-order valence-electron chi connectivity index (χ1n) is 5.39. The fourth-order valence-electron chi connectivity index (χ4n) is 1.48. The van der Waals surface area contributed by atoms with E-state index in [0.29, 0.717) is 0 Å². The van der Waals surface area contributed by atoms with Gasteiger partial charge in [-0.15, -0.1) is 0 Å². The number of aromatic nitrogens is 1. The third-order valence-electron chi connectivity index (χ3n) is 2.37. The van der Waals surface area contributed by atoms with Crippen molar-refractivity contribution in [2.75, 3.05) is 4.72 Å². The van der Waals surface area contributed by atoms with Crippen molar-refractivity contribution in [2.45, 2.75) is 4.90 Å². The number of sulfonamides is 1. The first-order chi connectivity index (χ1) is 9.79. The summed E-state index contributed by atoms with van der Waals surface area (Å²) in [6.07, 6.45) is 0. The number of hydrogen-bond donors (Lipinski definition) is 1. The summed E-state index contributed by atoms with van der Waals surface area (Å²) in [6.45, 7) is 0. The lowest BCUT2D eigenvalue weighted by Gasteiger charge is -2.08. The molecule has 0 atom stereocenters. The van der Waals surface area contributed by atoms with Crippen molar-refractivity contribution < 1.29 is 17.7 Å². The fraction of sp³-hybridized carbons (Fsp3) is 0. The molecule has 1 aromatic heterocycles. The minimum atomic E-state index is -4.14. The summed E-state index contributed by atoms with van der Waals surface area (Å²) >= 11 is 5.74. The Kier molecular flexibility index (Phi) is 4.05. The van der Waals surface area contributed by atoms with Crippen molar-refractivity contribution in [1.82, 2.24) is 4.98 Å². The molecular formula is C11H7ClFN3O4S. The molecule has 1 N–H and O–H groups in total. The van der Waals surface area contributed by atoms with Crippen molar-refractivity contribution in [2.24, 2.45) is 0 Å². The summed E-state index contributed by atoms with van der Waals surface area (Å²) in [5.74, 6) is -1.09. The molecule has 10 heteroatoms. The van der Waals surface area contributed by atoms with Crippen LogP contribution in [-0.4, -0.2) is 18.3 Å². The summed E-state index contributed by atoms with van der Waals surface area (Å²) < 4.78 is 39.1. The zero-order valence-electron chi connectivity index (χ0n) is 10.2.